The number of anilines is 2. The van der Waals surface area contributed by atoms with Crippen LogP contribution in [0, 0.1) is 0 Å². The molecule has 4 aromatic heterocycles. The second kappa shape index (κ2) is 8.74. The molecule has 5 rings (SSSR count). The Kier molecular flexibility index (Phi) is 5.66. The molecule has 2 N–H and O–H groups in total. The molecule has 0 aliphatic heterocycles. The van der Waals surface area contributed by atoms with Crippen LogP contribution in [-0.2, 0) is 0 Å². The van der Waals surface area contributed by atoms with E-state index in [1.54, 1.807) is 16.9 Å². The lowest BCUT2D eigenvalue weighted by Gasteiger charge is -2.13. The van der Waals surface area contributed by atoms with E-state index < -0.39 is 0 Å². The maximum absolute atomic E-state index is 6.49. The van der Waals surface area contributed by atoms with Crippen molar-refractivity contribution in [2.45, 2.75) is 51.6 Å². The maximum Gasteiger partial charge on any atom is 0.223 e. The van der Waals surface area contributed by atoms with Crippen LogP contribution < -0.4 is 10.6 Å². The minimum Gasteiger partial charge on any atom is -0.368 e. The molecule has 0 atom stereocenters. The average Bonchev–Trinajstić information content (AvgIpc) is 3.42. The van der Waals surface area contributed by atoms with Gasteiger partial charge in [0.15, 0.2) is 0 Å². The molecular weight excluding hydrogens is 422 g/mol. The fourth-order valence-electron chi connectivity index (χ4n) is 4.26. The Labute approximate surface area is 192 Å². The van der Waals surface area contributed by atoms with Crippen LogP contribution >= 0.6 is 11.6 Å². The second-order valence-corrected chi connectivity index (χ2v) is 8.88. The number of rotatable bonds is 6. The van der Waals surface area contributed by atoms with E-state index in [0.29, 0.717) is 17.1 Å². The number of nitrogens with zero attached hydrogens (tertiary/aromatic N) is 5. The largest absolute Gasteiger partial charge is 0.368 e. The van der Waals surface area contributed by atoms with E-state index in [9.17, 15) is 0 Å². The highest BCUT2D eigenvalue weighted by atomic mass is 35.5. The molecule has 32 heavy (non-hydrogen) atoms. The summed E-state index contributed by atoms with van der Waals surface area (Å²) in [6.07, 6.45) is 8.42. The summed E-state index contributed by atoms with van der Waals surface area (Å²) in [6, 6.07) is 12.4. The van der Waals surface area contributed by atoms with Crippen molar-refractivity contribution >= 4 is 28.9 Å². The topological polar surface area (TPSA) is 80.0 Å². The minimum atomic E-state index is 0.277. The van der Waals surface area contributed by atoms with Crippen molar-refractivity contribution in [2.24, 2.45) is 0 Å². The lowest BCUT2D eigenvalue weighted by Crippen LogP contribution is -2.16. The fraction of sp³-hybridized carbons (Fsp3) is 0.333. The Morgan fingerprint density at radius 1 is 1.06 bits per heavy atom. The Bertz CT molecular complexity index is 1240. The minimum absolute atomic E-state index is 0.277. The Hall–Kier alpha value is -3.19. The van der Waals surface area contributed by atoms with Crippen molar-refractivity contribution in [2.75, 3.05) is 10.6 Å². The number of fused-ring (bicyclic) bond motifs is 1. The van der Waals surface area contributed by atoms with Crippen LogP contribution in [0.4, 0.5) is 11.8 Å². The monoisotopic (exact) mass is 447 g/mol. The van der Waals surface area contributed by atoms with Crippen LogP contribution in [0.25, 0.3) is 28.0 Å². The van der Waals surface area contributed by atoms with Crippen LogP contribution in [0.15, 0.2) is 48.8 Å². The standard InChI is InChI=1S/C24H26ClN7/c1-15(2)28-21-14-16(10-12-26-21)23-22(19-8-5-9-20(25)32(19)31-23)18-11-13-27-24(30-18)29-17-6-3-4-7-17/h5,8-15,17H,3-4,6-7H2,1-2H3,(H,26,28)(H,27,29,30). The molecule has 0 radical (unpaired) electrons. The molecule has 8 heteroatoms. The van der Waals surface area contributed by atoms with Gasteiger partial charge in [-0.2, -0.15) is 5.10 Å². The summed E-state index contributed by atoms with van der Waals surface area (Å²) < 4.78 is 1.76. The number of hydrogen-bond acceptors (Lipinski definition) is 6. The summed E-state index contributed by atoms with van der Waals surface area (Å²) in [5.41, 5.74) is 4.38. The normalized spacial score (nSPS) is 14.4. The lowest BCUT2D eigenvalue weighted by atomic mass is 10.0. The van der Waals surface area contributed by atoms with E-state index in [2.05, 4.69) is 34.4 Å². The summed E-state index contributed by atoms with van der Waals surface area (Å²) in [4.78, 5) is 13.8. The Balaban J connectivity index is 1.64. The van der Waals surface area contributed by atoms with Crippen LogP contribution in [0.2, 0.25) is 5.15 Å². The van der Waals surface area contributed by atoms with Crippen LogP contribution in [0.5, 0.6) is 0 Å². The fourth-order valence-corrected chi connectivity index (χ4v) is 4.47. The van der Waals surface area contributed by atoms with E-state index in [0.717, 1.165) is 46.7 Å². The average molecular weight is 448 g/mol. The van der Waals surface area contributed by atoms with Gasteiger partial charge in [0.2, 0.25) is 5.95 Å². The predicted octanol–water partition coefficient (Wildman–Crippen LogP) is 5.68. The zero-order valence-corrected chi connectivity index (χ0v) is 19.0. The third-order valence-electron chi connectivity index (χ3n) is 5.68. The van der Waals surface area contributed by atoms with Crippen molar-refractivity contribution in [3.05, 3.63) is 53.9 Å². The van der Waals surface area contributed by atoms with Gasteiger partial charge in [0, 0.05) is 30.0 Å². The van der Waals surface area contributed by atoms with Gasteiger partial charge in [0.05, 0.1) is 16.8 Å². The first kappa shape index (κ1) is 20.7. The summed E-state index contributed by atoms with van der Waals surface area (Å²) in [5, 5.41) is 12.3. The molecule has 0 unspecified atom stereocenters. The number of pyridine rings is 2. The van der Waals surface area contributed by atoms with Crippen LogP contribution in [0.1, 0.15) is 39.5 Å². The van der Waals surface area contributed by atoms with Crippen molar-refractivity contribution in [3.63, 3.8) is 0 Å². The first-order chi connectivity index (χ1) is 15.6. The van der Waals surface area contributed by atoms with Gasteiger partial charge in [0.25, 0.3) is 0 Å². The van der Waals surface area contributed by atoms with Gasteiger partial charge in [0.1, 0.15) is 16.7 Å². The molecule has 1 fully saturated rings. The first-order valence-corrected chi connectivity index (χ1v) is 11.5. The molecule has 1 aliphatic carbocycles. The molecule has 0 bridgehead atoms. The lowest BCUT2D eigenvalue weighted by molar-refractivity contribution is 0.744. The summed E-state index contributed by atoms with van der Waals surface area (Å²) in [6.45, 7) is 4.18. The molecule has 0 spiro atoms. The van der Waals surface area contributed by atoms with Crippen molar-refractivity contribution in [3.8, 4) is 22.5 Å². The molecule has 0 aromatic carbocycles. The van der Waals surface area contributed by atoms with Gasteiger partial charge in [-0.3, -0.25) is 0 Å². The summed E-state index contributed by atoms with van der Waals surface area (Å²) in [5.74, 6) is 1.46. The highest BCUT2D eigenvalue weighted by Gasteiger charge is 2.21. The Morgan fingerprint density at radius 3 is 2.69 bits per heavy atom. The third-order valence-corrected chi connectivity index (χ3v) is 5.97. The van der Waals surface area contributed by atoms with Gasteiger partial charge in [-0.25, -0.2) is 19.5 Å². The molecule has 0 saturated heterocycles. The molecule has 7 nitrogen and oxygen atoms in total. The predicted molar refractivity (Wildman–Crippen MR) is 129 cm³/mol. The van der Waals surface area contributed by atoms with Gasteiger partial charge < -0.3 is 10.6 Å². The SMILES string of the molecule is CC(C)Nc1cc(-c2nn3c(Cl)cccc3c2-c2ccnc(NC3CCCC3)n2)ccn1. The highest BCUT2D eigenvalue weighted by Crippen LogP contribution is 2.36. The van der Waals surface area contributed by atoms with Gasteiger partial charge in [-0.1, -0.05) is 30.5 Å². The van der Waals surface area contributed by atoms with Gasteiger partial charge in [-0.15, -0.1) is 0 Å². The van der Waals surface area contributed by atoms with Crippen molar-refractivity contribution < 1.29 is 0 Å². The van der Waals surface area contributed by atoms with Crippen LogP contribution in [0.3, 0.4) is 0 Å². The summed E-state index contributed by atoms with van der Waals surface area (Å²) >= 11 is 6.49. The first-order valence-electron chi connectivity index (χ1n) is 11.1. The van der Waals surface area contributed by atoms with E-state index in [4.69, 9.17) is 21.7 Å². The molecule has 4 heterocycles. The highest BCUT2D eigenvalue weighted by molar-refractivity contribution is 6.29. The van der Waals surface area contributed by atoms with Gasteiger partial charge in [-0.05, 0) is 57.0 Å². The number of aromatic nitrogens is 5. The maximum atomic E-state index is 6.49. The number of halogens is 1. The second-order valence-electron chi connectivity index (χ2n) is 8.49. The van der Waals surface area contributed by atoms with Crippen molar-refractivity contribution in [1.82, 2.24) is 24.6 Å². The quantitative estimate of drug-likeness (QED) is 0.370. The van der Waals surface area contributed by atoms with E-state index in [1.807, 2.05) is 36.4 Å². The third kappa shape index (κ3) is 4.12. The molecule has 1 aliphatic rings. The molecule has 1 saturated carbocycles. The van der Waals surface area contributed by atoms with Crippen LogP contribution in [-0.4, -0.2) is 36.6 Å². The molecule has 4 aromatic rings. The summed E-state index contributed by atoms with van der Waals surface area (Å²) in [7, 11) is 0. The molecule has 164 valence electrons. The zero-order valence-electron chi connectivity index (χ0n) is 18.2. The molecule has 0 amide bonds. The van der Waals surface area contributed by atoms with E-state index >= 15 is 0 Å². The smallest absolute Gasteiger partial charge is 0.223 e. The number of nitrogens with one attached hydrogen (secondary N) is 2. The van der Waals surface area contributed by atoms with Gasteiger partial charge >= 0.3 is 0 Å². The van der Waals surface area contributed by atoms with E-state index in [1.165, 1.54) is 12.8 Å². The van der Waals surface area contributed by atoms with E-state index in [-0.39, 0.29) is 6.04 Å². The number of hydrogen-bond donors (Lipinski definition) is 2. The van der Waals surface area contributed by atoms with Crippen molar-refractivity contribution in [1.29, 1.82) is 0 Å². The Morgan fingerprint density at radius 2 is 1.88 bits per heavy atom. The molecular formula is C24H26ClN7. The zero-order chi connectivity index (χ0) is 22.1.